The summed E-state index contributed by atoms with van der Waals surface area (Å²) in [5.74, 6) is -0.626. The summed E-state index contributed by atoms with van der Waals surface area (Å²) in [5, 5.41) is 10.0. The number of pyridine rings is 1. The zero-order valence-electron chi connectivity index (χ0n) is 21.5. The summed E-state index contributed by atoms with van der Waals surface area (Å²) in [6, 6.07) is 9.84. The van der Waals surface area contributed by atoms with Crippen molar-refractivity contribution in [2.45, 2.75) is 52.1 Å². The lowest BCUT2D eigenvalue weighted by Crippen LogP contribution is -2.38. The van der Waals surface area contributed by atoms with Crippen LogP contribution in [0.1, 0.15) is 51.5 Å². The number of benzene rings is 1. The minimum absolute atomic E-state index is 0.0250. The van der Waals surface area contributed by atoms with Gasteiger partial charge in [-0.25, -0.2) is 9.78 Å². The predicted octanol–water partition coefficient (Wildman–Crippen LogP) is 5.49. The number of nitrogens with two attached hydrogens (primary N) is 1. The number of fused-ring (bicyclic) bond motifs is 1. The van der Waals surface area contributed by atoms with E-state index < -0.39 is 17.4 Å². The van der Waals surface area contributed by atoms with E-state index in [1.807, 2.05) is 30.3 Å². The Kier molecular flexibility index (Phi) is 7.05. The van der Waals surface area contributed by atoms with Crippen LogP contribution >= 0.6 is 11.6 Å². The van der Waals surface area contributed by atoms with Gasteiger partial charge in [0.2, 0.25) is 0 Å². The maximum atomic E-state index is 11.6. The Morgan fingerprint density at radius 1 is 1.13 bits per heavy atom. The fourth-order valence-corrected chi connectivity index (χ4v) is 5.62. The first-order valence-electron chi connectivity index (χ1n) is 12.9. The molecule has 2 aliphatic rings. The van der Waals surface area contributed by atoms with Crippen molar-refractivity contribution in [2.75, 3.05) is 13.1 Å². The Bertz CT molecular complexity index is 1390. The van der Waals surface area contributed by atoms with Crippen LogP contribution in [0.15, 0.2) is 36.4 Å². The van der Waals surface area contributed by atoms with Gasteiger partial charge in [0.1, 0.15) is 6.10 Å². The van der Waals surface area contributed by atoms with Gasteiger partial charge in [0, 0.05) is 18.7 Å². The van der Waals surface area contributed by atoms with Crippen molar-refractivity contribution in [1.82, 2.24) is 19.9 Å². The van der Waals surface area contributed by atoms with E-state index in [1.54, 1.807) is 24.8 Å². The standard InChI is InChI=1S/C28H32ClN5O4/c1-28(2,25(35)36)19-7-9-20(10-8-19)38-27-31-22-15-21(29)23(32-24(22)33-27)18-5-3-16(4-6-18)17-11-13-34(14-12-17)26(30)37/h3-6,11,15,19-20H,7-10,12-14H2,1-2H3,(H2,30,37)(H,35,36)(H,31,32,33). The number of carboxylic acids is 1. The largest absolute Gasteiger partial charge is 0.481 e. The number of rotatable bonds is 6. The highest BCUT2D eigenvalue weighted by Crippen LogP contribution is 2.39. The van der Waals surface area contributed by atoms with Crippen LogP contribution in [0.5, 0.6) is 6.01 Å². The number of nitrogens with one attached hydrogen (secondary N) is 1. The van der Waals surface area contributed by atoms with Crippen LogP contribution in [-0.4, -0.2) is 56.2 Å². The number of ether oxygens (including phenoxy) is 1. The maximum Gasteiger partial charge on any atom is 0.315 e. The van der Waals surface area contributed by atoms with E-state index in [-0.39, 0.29) is 12.0 Å². The molecule has 10 heteroatoms. The molecular weight excluding hydrogens is 506 g/mol. The zero-order chi connectivity index (χ0) is 27.0. The maximum absolute atomic E-state index is 11.6. The first kappa shape index (κ1) is 26.0. The fraction of sp³-hybridized carbons (Fsp3) is 0.429. The molecule has 1 aliphatic carbocycles. The summed E-state index contributed by atoms with van der Waals surface area (Å²) < 4.78 is 6.12. The van der Waals surface area contributed by atoms with Gasteiger partial charge in [-0.05, 0) is 69.1 Å². The summed E-state index contributed by atoms with van der Waals surface area (Å²) in [6.07, 6.45) is 5.92. The lowest BCUT2D eigenvalue weighted by molar-refractivity contribution is -0.151. The monoisotopic (exact) mass is 537 g/mol. The summed E-state index contributed by atoms with van der Waals surface area (Å²) in [7, 11) is 0. The van der Waals surface area contributed by atoms with Crippen molar-refractivity contribution in [3.05, 3.63) is 47.0 Å². The molecule has 2 amide bonds. The molecular formula is C28H32ClN5O4. The molecule has 0 atom stereocenters. The molecule has 3 aromatic rings. The van der Waals surface area contributed by atoms with Crippen molar-refractivity contribution < 1.29 is 19.4 Å². The molecule has 3 heterocycles. The van der Waals surface area contributed by atoms with Gasteiger partial charge in [0.25, 0.3) is 6.01 Å². The van der Waals surface area contributed by atoms with E-state index in [4.69, 9.17) is 27.1 Å². The summed E-state index contributed by atoms with van der Waals surface area (Å²) in [4.78, 5) is 37.0. The van der Waals surface area contributed by atoms with Crippen LogP contribution in [-0.2, 0) is 4.79 Å². The number of imidazole rings is 1. The summed E-state index contributed by atoms with van der Waals surface area (Å²) in [5.41, 5.74) is 9.63. The van der Waals surface area contributed by atoms with Gasteiger partial charge in [0.05, 0.1) is 21.6 Å². The lowest BCUT2D eigenvalue weighted by Gasteiger charge is -2.36. The molecule has 5 rings (SSSR count). The van der Waals surface area contributed by atoms with Crippen LogP contribution in [0.4, 0.5) is 4.79 Å². The number of aliphatic carboxylic acids is 1. The van der Waals surface area contributed by atoms with Crippen molar-refractivity contribution in [2.24, 2.45) is 17.1 Å². The Morgan fingerprint density at radius 3 is 2.42 bits per heavy atom. The Balaban J connectivity index is 1.27. The average molecular weight is 538 g/mol. The van der Waals surface area contributed by atoms with Gasteiger partial charge in [-0.15, -0.1) is 0 Å². The molecule has 38 heavy (non-hydrogen) atoms. The Hall–Kier alpha value is -3.59. The molecule has 1 fully saturated rings. The molecule has 0 bridgehead atoms. The van der Waals surface area contributed by atoms with Crippen LogP contribution in [0.25, 0.3) is 28.0 Å². The van der Waals surface area contributed by atoms with Gasteiger partial charge < -0.3 is 25.5 Å². The number of halogens is 1. The number of carboxylic acid groups (broad SMARTS) is 1. The topological polar surface area (TPSA) is 134 Å². The number of primary amides is 1. The lowest BCUT2D eigenvalue weighted by atomic mass is 9.70. The second-order valence-electron chi connectivity index (χ2n) is 10.7. The SMILES string of the molecule is CC(C)(C(=O)O)C1CCC(Oc2nc3nc(-c4ccc(C5=CCN(C(N)=O)CC5)cc4)c(Cl)cc3[nH]2)CC1. The molecule has 0 saturated heterocycles. The summed E-state index contributed by atoms with van der Waals surface area (Å²) in [6.45, 7) is 4.72. The minimum atomic E-state index is -0.754. The van der Waals surface area contributed by atoms with Gasteiger partial charge in [-0.3, -0.25) is 4.79 Å². The summed E-state index contributed by atoms with van der Waals surface area (Å²) >= 11 is 6.60. The first-order valence-corrected chi connectivity index (χ1v) is 13.3. The second kappa shape index (κ2) is 10.3. The van der Waals surface area contributed by atoms with Crippen LogP contribution in [0, 0.1) is 11.3 Å². The van der Waals surface area contributed by atoms with Crippen molar-refractivity contribution >= 4 is 40.3 Å². The number of carbonyl (C=O) groups is 2. The third-order valence-electron chi connectivity index (χ3n) is 7.98. The number of hydrogen-bond acceptors (Lipinski definition) is 5. The second-order valence-corrected chi connectivity index (χ2v) is 11.1. The smallest absolute Gasteiger partial charge is 0.315 e. The zero-order valence-corrected chi connectivity index (χ0v) is 22.3. The van der Waals surface area contributed by atoms with E-state index in [0.29, 0.717) is 41.0 Å². The number of nitrogens with zero attached hydrogens (tertiary/aromatic N) is 3. The molecule has 0 unspecified atom stereocenters. The number of aromatic amines is 1. The van der Waals surface area contributed by atoms with Crippen LogP contribution < -0.4 is 10.5 Å². The first-order chi connectivity index (χ1) is 18.1. The van der Waals surface area contributed by atoms with E-state index in [0.717, 1.165) is 43.2 Å². The average Bonchev–Trinajstić information content (AvgIpc) is 3.29. The van der Waals surface area contributed by atoms with Gasteiger partial charge in [0.15, 0.2) is 5.65 Å². The molecule has 1 aliphatic heterocycles. The number of hydrogen-bond donors (Lipinski definition) is 3. The van der Waals surface area contributed by atoms with E-state index in [2.05, 4.69) is 9.97 Å². The van der Waals surface area contributed by atoms with Gasteiger partial charge >= 0.3 is 12.0 Å². The molecule has 1 aromatic carbocycles. The molecule has 2 aromatic heterocycles. The van der Waals surface area contributed by atoms with Gasteiger partial charge in [-0.2, -0.15) is 4.98 Å². The number of H-pyrrole nitrogens is 1. The van der Waals surface area contributed by atoms with Crippen molar-refractivity contribution in [3.8, 4) is 17.3 Å². The van der Waals surface area contributed by atoms with Crippen molar-refractivity contribution in [3.63, 3.8) is 0 Å². The Morgan fingerprint density at radius 2 is 1.82 bits per heavy atom. The molecule has 0 radical (unpaired) electrons. The minimum Gasteiger partial charge on any atom is -0.481 e. The predicted molar refractivity (Wildman–Crippen MR) is 146 cm³/mol. The fourth-order valence-electron chi connectivity index (χ4n) is 5.36. The molecule has 4 N–H and O–H groups in total. The third kappa shape index (κ3) is 5.20. The highest BCUT2D eigenvalue weighted by molar-refractivity contribution is 6.33. The van der Waals surface area contributed by atoms with E-state index >= 15 is 0 Å². The number of carbonyl (C=O) groups excluding carboxylic acids is 1. The van der Waals surface area contributed by atoms with Crippen LogP contribution in [0.2, 0.25) is 5.02 Å². The van der Waals surface area contributed by atoms with Gasteiger partial charge in [-0.1, -0.05) is 41.9 Å². The quantitative estimate of drug-likeness (QED) is 0.380. The van der Waals surface area contributed by atoms with Crippen LogP contribution in [0.3, 0.4) is 0 Å². The molecule has 1 saturated carbocycles. The molecule has 9 nitrogen and oxygen atoms in total. The number of amides is 2. The highest BCUT2D eigenvalue weighted by Gasteiger charge is 2.39. The third-order valence-corrected chi connectivity index (χ3v) is 8.27. The van der Waals surface area contributed by atoms with E-state index in [9.17, 15) is 14.7 Å². The normalized spacial score (nSPS) is 20.3. The number of aromatic nitrogens is 3. The highest BCUT2D eigenvalue weighted by atomic mass is 35.5. The molecule has 200 valence electrons. The molecule has 0 spiro atoms. The van der Waals surface area contributed by atoms with Crippen molar-refractivity contribution in [1.29, 1.82) is 0 Å². The van der Waals surface area contributed by atoms with E-state index in [1.165, 1.54) is 5.57 Å². The Labute approximate surface area is 226 Å². The number of urea groups is 1.